The van der Waals surface area contributed by atoms with Gasteiger partial charge in [-0.2, -0.15) is 47.9 Å². The largest absolute Gasteiger partial charge is 0.460 e. The van der Waals surface area contributed by atoms with Crippen molar-refractivity contribution in [3.05, 3.63) is 90.5 Å². The molecule has 0 unspecified atom stereocenters. The van der Waals surface area contributed by atoms with Gasteiger partial charge in [-0.05, 0) is 65.1 Å². The molecule has 3 nitrogen and oxygen atoms in total. The van der Waals surface area contributed by atoms with Gasteiger partial charge in [0.1, 0.15) is 0 Å². The van der Waals surface area contributed by atoms with E-state index in [-0.39, 0.29) is 14.7 Å². The third kappa shape index (κ3) is 6.16. The van der Waals surface area contributed by atoms with Gasteiger partial charge in [0.25, 0.3) is 0 Å². The lowest BCUT2D eigenvalue weighted by Crippen LogP contribution is -2.63. The first-order valence-corrected chi connectivity index (χ1v) is 15.6. The maximum absolute atomic E-state index is 14.9. The fraction of sp³-hybridized carbons (Fsp3) is 0.357. The Bertz CT molecular complexity index is 1370. The fourth-order valence-electron chi connectivity index (χ4n) is 4.05. The number of aryl methyl sites for hydroxylation is 1. The average Bonchev–Trinajstić information content (AvgIpc) is 2.94. The summed E-state index contributed by atoms with van der Waals surface area (Å²) in [4.78, 5) is -0.364. The number of rotatable bonds is 13. The minimum atomic E-state index is -7.43. The summed E-state index contributed by atoms with van der Waals surface area (Å²) in [6.07, 6.45) is -2.88. The Hall–Kier alpha value is -2.71. The molecule has 3 aromatic carbocycles. The Labute approximate surface area is 239 Å². The van der Waals surface area contributed by atoms with Gasteiger partial charge in [-0.25, -0.2) is 3.63 Å². The first-order valence-electron chi connectivity index (χ1n) is 12.6. The van der Waals surface area contributed by atoms with Gasteiger partial charge in [0.05, 0.1) is 0 Å². The van der Waals surface area contributed by atoms with Crippen molar-refractivity contribution in [2.75, 3.05) is 0 Å². The van der Waals surface area contributed by atoms with Crippen LogP contribution in [0.2, 0.25) is 0 Å². The second-order valence-corrected chi connectivity index (χ2v) is 13.8. The highest BCUT2D eigenvalue weighted by molar-refractivity contribution is 8.33. The number of unbranched alkanes of at least 4 members (excludes halogenated alkanes) is 3. The van der Waals surface area contributed by atoms with Gasteiger partial charge in [-0.1, -0.05) is 74.7 Å². The van der Waals surface area contributed by atoms with E-state index in [1.807, 2.05) is 6.92 Å². The number of hydrogen-bond donors (Lipinski definition) is 0. The maximum atomic E-state index is 14.9. The normalized spacial score (nSPS) is 14.1. The summed E-state index contributed by atoms with van der Waals surface area (Å²) in [5.74, 6) is -14.9. The molecule has 0 aromatic heterocycles. The molecule has 14 heteroatoms. The molecule has 0 N–H and O–H groups in total. The van der Waals surface area contributed by atoms with Gasteiger partial charge < -0.3 is 0 Å². The van der Waals surface area contributed by atoms with Crippen molar-refractivity contribution in [3.63, 3.8) is 0 Å². The lowest BCUT2D eigenvalue weighted by atomic mass is 10.1. The monoisotopic (exact) mass is 646 g/mol. The topological polar surface area (TPSA) is 43.4 Å². The smallest absolute Gasteiger partial charge is 0.202 e. The van der Waals surface area contributed by atoms with Crippen LogP contribution in [0.5, 0.6) is 0 Å². The molecule has 0 atom stereocenters. The molecule has 232 valence electrons. The maximum Gasteiger partial charge on any atom is 0.460 e. The van der Waals surface area contributed by atoms with E-state index >= 15 is 0 Å². The lowest BCUT2D eigenvalue weighted by Gasteiger charge is -2.41. The predicted octanol–water partition coefficient (Wildman–Crippen LogP) is 9.78. The van der Waals surface area contributed by atoms with E-state index in [2.05, 4.69) is 0 Å². The molecular formula is C28H27F9O3S2. The lowest BCUT2D eigenvalue weighted by molar-refractivity contribution is -0.382. The summed E-state index contributed by atoms with van der Waals surface area (Å²) in [5.41, 5.74) is 0.772. The highest BCUT2D eigenvalue weighted by Gasteiger charge is 2.86. The standard InChI is InChI=1S/C28H27F9O3S2/c1-2-3-4-7-12-21-17-19-24(20-18-21)41(22-13-8-5-9-14-22,23-15-10-6-11-16-23)40-42(38,39)28(36,37)26(31,32)25(29,30)27(33,34)35/h5-6,8-11,13-20H,2-4,7,12H2,1H3. The van der Waals surface area contributed by atoms with Gasteiger partial charge >= 0.3 is 33.4 Å². The summed E-state index contributed by atoms with van der Waals surface area (Å²) in [6.45, 7) is 2.03. The second kappa shape index (κ2) is 12.5. The van der Waals surface area contributed by atoms with Crippen LogP contribution in [0.3, 0.4) is 0 Å². The van der Waals surface area contributed by atoms with Crippen molar-refractivity contribution in [2.45, 2.75) is 77.0 Å². The number of halogens is 9. The van der Waals surface area contributed by atoms with E-state index in [9.17, 15) is 47.9 Å². The zero-order chi connectivity index (χ0) is 31.5. The van der Waals surface area contributed by atoms with Crippen LogP contribution in [-0.2, 0) is 20.2 Å². The first-order chi connectivity index (χ1) is 19.5. The molecule has 0 saturated carbocycles. The molecule has 42 heavy (non-hydrogen) atoms. The van der Waals surface area contributed by atoms with Gasteiger partial charge in [0, 0.05) is 14.7 Å². The van der Waals surface area contributed by atoms with Crippen LogP contribution in [0.15, 0.2) is 99.6 Å². The van der Waals surface area contributed by atoms with Crippen LogP contribution >= 0.6 is 10.3 Å². The van der Waals surface area contributed by atoms with Crippen molar-refractivity contribution >= 4 is 20.4 Å². The average molecular weight is 647 g/mol. The van der Waals surface area contributed by atoms with Crippen LogP contribution in [-0.4, -0.2) is 31.7 Å². The highest BCUT2D eigenvalue weighted by Crippen LogP contribution is 2.71. The number of benzene rings is 3. The van der Waals surface area contributed by atoms with Crippen molar-refractivity contribution in [1.29, 1.82) is 0 Å². The summed E-state index contributed by atoms with van der Waals surface area (Å²) >= 11 is 0. The minimum absolute atomic E-state index is 0.109. The molecular weight excluding hydrogens is 619 g/mol. The first kappa shape index (κ1) is 33.8. The Morgan fingerprint density at radius 1 is 0.595 bits per heavy atom. The Morgan fingerprint density at radius 3 is 1.48 bits per heavy atom. The number of alkyl halides is 9. The van der Waals surface area contributed by atoms with Crippen molar-refractivity contribution in [2.24, 2.45) is 0 Å². The van der Waals surface area contributed by atoms with Crippen molar-refractivity contribution < 1.29 is 51.6 Å². The van der Waals surface area contributed by atoms with Crippen LogP contribution in [0, 0.1) is 0 Å². The van der Waals surface area contributed by atoms with Gasteiger partial charge in [-0.15, -0.1) is 0 Å². The molecule has 0 bridgehead atoms. The fourth-order valence-corrected chi connectivity index (χ4v) is 9.27. The van der Waals surface area contributed by atoms with Crippen LogP contribution in [0.4, 0.5) is 39.5 Å². The molecule has 3 rings (SSSR count). The Balaban J connectivity index is 2.25. The number of hydrogen-bond acceptors (Lipinski definition) is 3. The Kier molecular flexibility index (Phi) is 10.0. The van der Waals surface area contributed by atoms with Crippen LogP contribution in [0.1, 0.15) is 38.2 Å². The highest BCUT2D eigenvalue weighted by atomic mass is 32.3. The van der Waals surface area contributed by atoms with E-state index in [1.54, 1.807) is 12.1 Å². The third-order valence-electron chi connectivity index (χ3n) is 6.35. The predicted molar refractivity (Wildman–Crippen MR) is 140 cm³/mol. The zero-order valence-corrected chi connectivity index (χ0v) is 23.7. The molecule has 0 aliphatic heterocycles. The third-order valence-corrected chi connectivity index (χ3v) is 11.6. The van der Waals surface area contributed by atoms with Gasteiger partial charge in [-0.3, -0.25) is 0 Å². The summed E-state index contributed by atoms with van der Waals surface area (Å²) < 4.78 is 155. The molecule has 0 amide bonds. The van der Waals surface area contributed by atoms with Gasteiger partial charge in [0.2, 0.25) is 0 Å². The van der Waals surface area contributed by atoms with E-state index in [1.165, 1.54) is 72.8 Å². The molecule has 3 aromatic rings. The molecule has 0 radical (unpaired) electrons. The van der Waals surface area contributed by atoms with Crippen molar-refractivity contribution in [3.8, 4) is 0 Å². The quantitative estimate of drug-likeness (QED) is 0.137. The molecule has 0 heterocycles. The summed E-state index contributed by atoms with van der Waals surface area (Å²) in [5, 5.41) is -7.01. The zero-order valence-electron chi connectivity index (χ0n) is 22.1. The SMILES string of the molecule is CCCCCCc1ccc(S(OS(=O)(=O)C(F)(F)C(F)(F)C(F)(F)C(F)(F)F)(c2ccccc2)c2ccccc2)cc1. The minimum Gasteiger partial charge on any atom is -0.202 e. The molecule has 0 aliphatic carbocycles. The van der Waals surface area contributed by atoms with Crippen LogP contribution < -0.4 is 0 Å². The Morgan fingerprint density at radius 2 is 1.05 bits per heavy atom. The molecule has 0 saturated heterocycles. The second-order valence-electron chi connectivity index (χ2n) is 9.32. The van der Waals surface area contributed by atoms with E-state index < -0.39 is 43.7 Å². The molecule has 0 spiro atoms. The van der Waals surface area contributed by atoms with Crippen molar-refractivity contribution in [1.82, 2.24) is 0 Å². The van der Waals surface area contributed by atoms with Gasteiger partial charge in [0.15, 0.2) is 0 Å². The van der Waals surface area contributed by atoms with E-state index in [0.29, 0.717) is 6.42 Å². The molecule has 0 aliphatic rings. The summed E-state index contributed by atoms with van der Waals surface area (Å²) in [6, 6.07) is 19.2. The van der Waals surface area contributed by atoms with E-state index in [4.69, 9.17) is 3.63 Å². The van der Waals surface area contributed by atoms with E-state index in [0.717, 1.165) is 31.2 Å². The summed E-state index contributed by atoms with van der Waals surface area (Å²) in [7, 11) is -11.2. The molecule has 0 fully saturated rings. The van der Waals surface area contributed by atoms with Crippen LogP contribution in [0.25, 0.3) is 0 Å².